The number of urea groups is 1. The number of alkyl halides is 3. The molecule has 0 aromatic heterocycles. The first-order valence-electron chi connectivity index (χ1n) is 6.55. The van der Waals surface area contributed by atoms with Crippen LogP contribution in [0.3, 0.4) is 0 Å². The van der Waals surface area contributed by atoms with Crippen molar-refractivity contribution in [3.8, 4) is 0 Å². The average Bonchev–Trinajstić information content (AvgIpc) is 2.36. The fraction of sp³-hybridized carbons (Fsp3) is 0.429. The Morgan fingerprint density at radius 3 is 2.41 bits per heavy atom. The van der Waals surface area contributed by atoms with Crippen molar-refractivity contribution in [1.82, 2.24) is 5.32 Å². The maximum Gasteiger partial charge on any atom is 0.416 e. The van der Waals surface area contributed by atoms with Gasteiger partial charge in [0.15, 0.2) is 0 Å². The van der Waals surface area contributed by atoms with Crippen molar-refractivity contribution in [3.05, 3.63) is 29.8 Å². The Balaban J connectivity index is 2.74. The number of aliphatic carboxylic acids is 1. The number of hydrogen-bond acceptors (Lipinski definition) is 3. The van der Waals surface area contributed by atoms with Gasteiger partial charge in [0.25, 0.3) is 0 Å². The zero-order valence-electron chi connectivity index (χ0n) is 12.0. The van der Waals surface area contributed by atoms with Crippen LogP contribution < -0.4 is 15.7 Å². The molecular formula is C14H16F3N2O3-. The fourth-order valence-electron chi connectivity index (χ4n) is 1.78. The number of hydrogen-bond donors (Lipinski definition) is 2. The van der Waals surface area contributed by atoms with E-state index in [0.29, 0.717) is 0 Å². The summed E-state index contributed by atoms with van der Waals surface area (Å²) in [4.78, 5) is 22.6. The number of carboxylic acid groups (broad SMARTS) is 1. The Labute approximate surface area is 125 Å². The molecule has 22 heavy (non-hydrogen) atoms. The Bertz CT molecular complexity index is 544. The molecule has 0 radical (unpaired) electrons. The highest BCUT2D eigenvalue weighted by Crippen LogP contribution is 2.30. The molecule has 0 aliphatic rings. The number of rotatable bonds is 5. The van der Waals surface area contributed by atoms with Crippen LogP contribution in [0.25, 0.3) is 0 Å². The second kappa shape index (κ2) is 7.15. The van der Waals surface area contributed by atoms with E-state index in [1.807, 2.05) is 0 Å². The molecule has 8 heteroatoms. The lowest BCUT2D eigenvalue weighted by Crippen LogP contribution is -2.49. The van der Waals surface area contributed by atoms with Crippen LogP contribution in [0.1, 0.15) is 25.8 Å². The van der Waals surface area contributed by atoms with Gasteiger partial charge in [0, 0.05) is 5.69 Å². The van der Waals surface area contributed by atoms with Crippen LogP contribution in [0.4, 0.5) is 23.7 Å². The van der Waals surface area contributed by atoms with E-state index in [2.05, 4.69) is 10.6 Å². The zero-order valence-corrected chi connectivity index (χ0v) is 12.0. The lowest BCUT2D eigenvalue weighted by Gasteiger charge is -2.21. The van der Waals surface area contributed by atoms with Gasteiger partial charge in [-0.3, -0.25) is 0 Å². The molecular weight excluding hydrogens is 301 g/mol. The summed E-state index contributed by atoms with van der Waals surface area (Å²) in [5, 5.41) is 15.2. The van der Waals surface area contributed by atoms with Gasteiger partial charge >= 0.3 is 12.2 Å². The number of anilines is 1. The van der Waals surface area contributed by atoms with Gasteiger partial charge in [-0.1, -0.05) is 19.9 Å². The first kappa shape index (κ1) is 17.8. The third-order valence-electron chi connectivity index (χ3n) is 2.74. The number of benzene rings is 1. The van der Waals surface area contributed by atoms with Crippen molar-refractivity contribution in [2.75, 3.05) is 5.32 Å². The summed E-state index contributed by atoms with van der Waals surface area (Å²) >= 11 is 0. The molecule has 5 nitrogen and oxygen atoms in total. The second-order valence-electron chi connectivity index (χ2n) is 5.18. The Morgan fingerprint density at radius 1 is 1.27 bits per heavy atom. The van der Waals surface area contributed by atoms with Crippen molar-refractivity contribution < 1.29 is 27.9 Å². The normalized spacial score (nSPS) is 12.8. The fourth-order valence-corrected chi connectivity index (χ4v) is 1.78. The summed E-state index contributed by atoms with van der Waals surface area (Å²) in [6, 6.07) is 1.91. The number of carboxylic acids is 1. The van der Waals surface area contributed by atoms with Crippen LogP contribution in [-0.4, -0.2) is 18.0 Å². The number of carbonyl (C=O) groups is 2. The SMILES string of the molecule is CC(C)C[C@H](NC(=O)Nc1cccc(C(F)(F)F)c1)C(=O)[O-]. The largest absolute Gasteiger partial charge is 0.548 e. The number of amides is 2. The van der Waals surface area contributed by atoms with E-state index in [1.54, 1.807) is 13.8 Å². The van der Waals surface area contributed by atoms with Crippen molar-refractivity contribution in [2.24, 2.45) is 5.92 Å². The van der Waals surface area contributed by atoms with Crippen LogP contribution in [0.2, 0.25) is 0 Å². The molecule has 0 saturated heterocycles. The van der Waals surface area contributed by atoms with Crippen molar-refractivity contribution >= 4 is 17.7 Å². The van der Waals surface area contributed by atoms with Crippen molar-refractivity contribution in [3.63, 3.8) is 0 Å². The van der Waals surface area contributed by atoms with Crippen LogP contribution in [-0.2, 0) is 11.0 Å². The highest BCUT2D eigenvalue weighted by Gasteiger charge is 2.30. The maximum absolute atomic E-state index is 12.6. The summed E-state index contributed by atoms with van der Waals surface area (Å²) in [6.45, 7) is 3.53. The number of carbonyl (C=O) groups excluding carboxylic acids is 2. The molecule has 1 aromatic rings. The van der Waals surface area contributed by atoms with Gasteiger partial charge in [0.2, 0.25) is 0 Å². The quantitative estimate of drug-likeness (QED) is 0.871. The van der Waals surface area contributed by atoms with Gasteiger partial charge in [0.1, 0.15) is 0 Å². The van der Waals surface area contributed by atoms with E-state index in [4.69, 9.17) is 0 Å². The van der Waals surface area contributed by atoms with Gasteiger partial charge in [-0.25, -0.2) is 4.79 Å². The molecule has 122 valence electrons. The Morgan fingerprint density at radius 2 is 1.91 bits per heavy atom. The topological polar surface area (TPSA) is 81.3 Å². The van der Waals surface area contributed by atoms with E-state index in [1.165, 1.54) is 6.07 Å². The first-order valence-corrected chi connectivity index (χ1v) is 6.55. The average molecular weight is 317 g/mol. The minimum atomic E-state index is -4.53. The number of halogens is 3. The molecule has 0 aliphatic carbocycles. The molecule has 0 unspecified atom stereocenters. The third kappa shape index (κ3) is 5.63. The van der Waals surface area contributed by atoms with E-state index in [9.17, 15) is 27.9 Å². The summed E-state index contributed by atoms with van der Waals surface area (Å²) < 4.78 is 37.7. The highest BCUT2D eigenvalue weighted by atomic mass is 19.4. The van der Waals surface area contributed by atoms with Gasteiger partial charge in [-0.2, -0.15) is 13.2 Å². The van der Waals surface area contributed by atoms with Crippen LogP contribution in [0.15, 0.2) is 24.3 Å². The van der Waals surface area contributed by atoms with Gasteiger partial charge < -0.3 is 20.5 Å². The molecule has 0 saturated carbocycles. The van der Waals surface area contributed by atoms with E-state index >= 15 is 0 Å². The highest BCUT2D eigenvalue weighted by molar-refractivity contribution is 5.92. The van der Waals surface area contributed by atoms with Gasteiger partial charge in [-0.05, 0) is 30.5 Å². The lowest BCUT2D eigenvalue weighted by atomic mass is 10.0. The summed E-state index contributed by atoms with van der Waals surface area (Å²) in [7, 11) is 0. The van der Waals surface area contributed by atoms with E-state index in [-0.39, 0.29) is 18.0 Å². The van der Waals surface area contributed by atoms with Crippen LogP contribution in [0, 0.1) is 5.92 Å². The summed E-state index contributed by atoms with van der Waals surface area (Å²) in [6.07, 6.45) is -4.38. The van der Waals surface area contributed by atoms with E-state index in [0.717, 1.165) is 18.2 Å². The molecule has 1 rings (SSSR count). The predicted octanol–water partition coefficient (Wildman–Crippen LogP) is 1.99. The molecule has 1 atom stereocenters. The predicted molar refractivity (Wildman–Crippen MR) is 71.8 cm³/mol. The Hall–Kier alpha value is -2.25. The van der Waals surface area contributed by atoms with Crippen molar-refractivity contribution in [2.45, 2.75) is 32.5 Å². The first-order chi connectivity index (χ1) is 10.1. The Kier molecular flexibility index (Phi) is 5.78. The van der Waals surface area contributed by atoms with Crippen LogP contribution >= 0.6 is 0 Å². The summed E-state index contributed by atoms with van der Waals surface area (Å²) in [5.41, 5.74) is -1.00. The molecule has 0 heterocycles. The van der Waals surface area contributed by atoms with E-state index < -0.39 is 29.8 Å². The minimum Gasteiger partial charge on any atom is -0.548 e. The zero-order chi connectivity index (χ0) is 16.9. The van der Waals surface area contributed by atoms with Crippen molar-refractivity contribution in [1.29, 1.82) is 0 Å². The van der Waals surface area contributed by atoms with Gasteiger partial charge in [-0.15, -0.1) is 0 Å². The summed E-state index contributed by atoms with van der Waals surface area (Å²) in [5.74, 6) is -1.45. The smallest absolute Gasteiger partial charge is 0.416 e. The molecule has 0 aliphatic heterocycles. The lowest BCUT2D eigenvalue weighted by molar-refractivity contribution is -0.308. The van der Waals surface area contributed by atoms with Crippen LogP contribution in [0.5, 0.6) is 0 Å². The minimum absolute atomic E-state index is 0.00300. The number of nitrogens with one attached hydrogen (secondary N) is 2. The third-order valence-corrected chi connectivity index (χ3v) is 2.74. The maximum atomic E-state index is 12.6. The standard InChI is InChI=1S/C14H17F3N2O3/c1-8(2)6-11(12(20)21)19-13(22)18-10-5-3-4-9(7-10)14(15,16)17/h3-5,7-8,11H,6H2,1-2H3,(H,20,21)(H2,18,19,22)/p-1/t11-/m0/s1. The molecule has 2 N–H and O–H groups in total. The monoisotopic (exact) mass is 317 g/mol. The van der Waals surface area contributed by atoms with Gasteiger partial charge in [0.05, 0.1) is 17.6 Å². The molecule has 0 fully saturated rings. The molecule has 0 bridgehead atoms. The second-order valence-corrected chi connectivity index (χ2v) is 5.18. The molecule has 2 amide bonds. The molecule has 0 spiro atoms. The molecule has 1 aromatic carbocycles.